The number of rotatable bonds is 3. The molecular formula is C19H27N3O3S. The summed E-state index contributed by atoms with van der Waals surface area (Å²) in [6.07, 6.45) is 0.733. The van der Waals surface area contributed by atoms with Crippen LogP contribution in [0.25, 0.3) is 0 Å². The van der Waals surface area contributed by atoms with Crippen molar-refractivity contribution in [3.63, 3.8) is 0 Å². The SMILES string of the molecule is CC(C)(C)N1CC(C(=O)N2CCN(C(=O)Cc3cccs3)CC2)CC1=O. The van der Waals surface area contributed by atoms with Crippen molar-refractivity contribution in [3.8, 4) is 0 Å². The Bertz CT molecular complexity index is 673. The van der Waals surface area contributed by atoms with Crippen molar-refractivity contribution < 1.29 is 14.4 Å². The van der Waals surface area contributed by atoms with Gasteiger partial charge in [-0.3, -0.25) is 14.4 Å². The first kappa shape index (κ1) is 18.9. The molecule has 2 fully saturated rings. The maximum Gasteiger partial charge on any atom is 0.228 e. The van der Waals surface area contributed by atoms with Crippen molar-refractivity contribution in [1.82, 2.24) is 14.7 Å². The molecule has 7 heteroatoms. The molecular weight excluding hydrogens is 350 g/mol. The van der Waals surface area contributed by atoms with E-state index in [0.29, 0.717) is 45.6 Å². The summed E-state index contributed by atoms with van der Waals surface area (Å²) in [6, 6.07) is 3.92. The monoisotopic (exact) mass is 377 g/mol. The topological polar surface area (TPSA) is 60.9 Å². The minimum atomic E-state index is -0.255. The first-order chi connectivity index (χ1) is 12.3. The molecule has 26 heavy (non-hydrogen) atoms. The van der Waals surface area contributed by atoms with Crippen LogP contribution in [0.3, 0.4) is 0 Å². The van der Waals surface area contributed by atoms with Crippen LogP contribution < -0.4 is 0 Å². The average Bonchev–Trinajstić information content (AvgIpc) is 3.23. The van der Waals surface area contributed by atoms with Gasteiger partial charge in [-0.2, -0.15) is 0 Å². The molecule has 3 amide bonds. The fourth-order valence-electron chi connectivity index (χ4n) is 3.63. The lowest BCUT2D eigenvalue weighted by Gasteiger charge is -2.36. The van der Waals surface area contributed by atoms with Crippen LogP contribution in [0.4, 0.5) is 0 Å². The van der Waals surface area contributed by atoms with Crippen LogP contribution in [0.2, 0.25) is 0 Å². The van der Waals surface area contributed by atoms with Crippen LogP contribution in [-0.4, -0.2) is 70.7 Å². The molecule has 1 atom stereocenters. The predicted molar refractivity (Wildman–Crippen MR) is 101 cm³/mol. The Morgan fingerprint density at radius 3 is 2.35 bits per heavy atom. The molecule has 0 spiro atoms. The van der Waals surface area contributed by atoms with E-state index in [-0.39, 0.29) is 29.2 Å². The van der Waals surface area contributed by atoms with Crippen LogP contribution >= 0.6 is 11.3 Å². The highest BCUT2D eigenvalue weighted by molar-refractivity contribution is 7.10. The zero-order valence-corrected chi connectivity index (χ0v) is 16.6. The van der Waals surface area contributed by atoms with Crippen molar-refractivity contribution in [2.24, 2.45) is 5.92 Å². The zero-order chi connectivity index (χ0) is 18.9. The van der Waals surface area contributed by atoms with Gasteiger partial charge in [0.1, 0.15) is 0 Å². The van der Waals surface area contributed by atoms with E-state index in [1.807, 2.05) is 48.1 Å². The lowest BCUT2D eigenvalue weighted by atomic mass is 10.1. The van der Waals surface area contributed by atoms with Crippen molar-refractivity contribution >= 4 is 29.1 Å². The van der Waals surface area contributed by atoms with Gasteiger partial charge in [0.2, 0.25) is 17.7 Å². The summed E-state index contributed by atoms with van der Waals surface area (Å²) >= 11 is 1.59. The zero-order valence-electron chi connectivity index (χ0n) is 15.7. The van der Waals surface area contributed by atoms with E-state index in [1.54, 1.807) is 16.2 Å². The van der Waals surface area contributed by atoms with E-state index < -0.39 is 0 Å². The maximum atomic E-state index is 12.8. The van der Waals surface area contributed by atoms with Crippen molar-refractivity contribution in [1.29, 1.82) is 0 Å². The molecule has 1 unspecified atom stereocenters. The summed E-state index contributed by atoms with van der Waals surface area (Å²) in [7, 11) is 0. The largest absolute Gasteiger partial charge is 0.339 e. The lowest BCUT2D eigenvalue weighted by molar-refractivity contribution is -0.141. The first-order valence-corrected chi connectivity index (χ1v) is 10.0. The van der Waals surface area contributed by atoms with E-state index in [2.05, 4.69) is 0 Å². The van der Waals surface area contributed by atoms with E-state index >= 15 is 0 Å². The number of amides is 3. The predicted octanol–water partition coefficient (Wildman–Crippen LogP) is 1.61. The Balaban J connectivity index is 1.51. The molecule has 2 aliphatic rings. The Kier molecular flexibility index (Phi) is 5.37. The minimum absolute atomic E-state index is 0.0513. The Labute approximate surface area is 158 Å². The van der Waals surface area contributed by atoms with Gasteiger partial charge < -0.3 is 14.7 Å². The summed E-state index contributed by atoms with van der Waals surface area (Å²) < 4.78 is 0. The van der Waals surface area contributed by atoms with Crippen LogP contribution in [-0.2, 0) is 20.8 Å². The third-order valence-corrected chi connectivity index (χ3v) is 6.01. The van der Waals surface area contributed by atoms with E-state index in [4.69, 9.17) is 0 Å². The van der Waals surface area contributed by atoms with Gasteiger partial charge in [-0.1, -0.05) is 6.07 Å². The molecule has 1 aromatic rings. The highest BCUT2D eigenvalue weighted by Gasteiger charge is 2.41. The standard InChI is InChI=1S/C19H27N3O3S/c1-19(2,3)22-13-14(11-17(22)24)18(25)21-8-6-20(7-9-21)16(23)12-15-5-4-10-26-15/h4-5,10,14H,6-9,11-13H2,1-3H3. The van der Waals surface area contributed by atoms with E-state index in [1.165, 1.54) is 0 Å². The Morgan fingerprint density at radius 2 is 1.81 bits per heavy atom. The molecule has 3 heterocycles. The normalized spacial score (nSPS) is 21.4. The quantitative estimate of drug-likeness (QED) is 0.804. The summed E-state index contributed by atoms with van der Waals surface area (Å²) in [5, 5.41) is 1.98. The molecule has 0 aromatic carbocycles. The number of piperazine rings is 1. The summed E-state index contributed by atoms with van der Waals surface area (Å²) in [5.41, 5.74) is -0.251. The van der Waals surface area contributed by atoms with Gasteiger partial charge in [0.15, 0.2) is 0 Å². The van der Waals surface area contributed by atoms with Crippen molar-refractivity contribution in [2.75, 3.05) is 32.7 Å². The molecule has 3 rings (SSSR count). The van der Waals surface area contributed by atoms with Gasteiger partial charge in [0.25, 0.3) is 0 Å². The van der Waals surface area contributed by atoms with Gasteiger partial charge in [0, 0.05) is 49.6 Å². The number of hydrogen-bond acceptors (Lipinski definition) is 4. The van der Waals surface area contributed by atoms with Gasteiger partial charge in [0.05, 0.1) is 12.3 Å². The number of likely N-dealkylation sites (tertiary alicyclic amines) is 1. The Hall–Kier alpha value is -1.89. The highest BCUT2D eigenvalue weighted by atomic mass is 32.1. The fraction of sp³-hybridized carbons (Fsp3) is 0.632. The number of hydrogen-bond donors (Lipinski definition) is 0. The minimum Gasteiger partial charge on any atom is -0.339 e. The lowest BCUT2D eigenvalue weighted by Crippen LogP contribution is -2.52. The molecule has 1 aromatic heterocycles. The molecule has 142 valence electrons. The number of nitrogens with zero attached hydrogens (tertiary/aromatic N) is 3. The molecule has 0 radical (unpaired) electrons. The van der Waals surface area contributed by atoms with Crippen LogP contribution in [0.5, 0.6) is 0 Å². The number of carbonyl (C=O) groups is 3. The number of thiophene rings is 1. The van der Waals surface area contributed by atoms with Crippen molar-refractivity contribution in [3.05, 3.63) is 22.4 Å². The second-order valence-corrected chi connectivity index (χ2v) is 9.07. The molecule has 0 N–H and O–H groups in total. The second kappa shape index (κ2) is 7.39. The molecule has 2 saturated heterocycles. The third-order valence-electron chi connectivity index (χ3n) is 5.13. The van der Waals surface area contributed by atoms with Crippen LogP contribution in [0.1, 0.15) is 32.1 Å². The molecule has 0 aliphatic carbocycles. The van der Waals surface area contributed by atoms with Crippen molar-refractivity contribution in [2.45, 2.75) is 39.2 Å². The molecule has 0 bridgehead atoms. The molecule has 6 nitrogen and oxygen atoms in total. The smallest absolute Gasteiger partial charge is 0.228 e. The van der Waals surface area contributed by atoms with Gasteiger partial charge in [-0.25, -0.2) is 0 Å². The highest BCUT2D eigenvalue weighted by Crippen LogP contribution is 2.27. The summed E-state index contributed by atoms with van der Waals surface area (Å²) in [4.78, 5) is 43.9. The third kappa shape index (κ3) is 4.09. The molecule has 2 aliphatic heterocycles. The van der Waals surface area contributed by atoms with Crippen LogP contribution in [0.15, 0.2) is 17.5 Å². The van der Waals surface area contributed by atoms with Gasteiger partial charge >= 0.3 is 0 Å². The van der Waals surface area contributed by atoms with Gasteiger partial charge in [-0.05, 0) is 32.2 Å². The first-order valence-electron chi connectivity index (χ1n) is 9.15. The maximum absolute atomic E-state index is 12.8. The van der Waals surface area contributed by atoms with Crippen LogP contribution in [0, 0.1) is 5.92 Å². The summed E-state index contributed by atoms with van der Waals surface area (Å²) in [5.74, 6) is -0.0272. The molecule has 0 saturated carbocycles. The Morgan fingerprint density at radius 1 is 1.15 bits per heavy atom. The van der Waals surface area contributed by atoms with E-state index in [0.717, 1.165) is 4.88 Å². The van der Waals surface area contributed by atoms with E-state index in [9.17, 15) is 14.4 Å². The van der Waals surface area contributed by atoms with Gasteiger partial charge in [-0.15, -0.1) is 11.3 Å². The second-order valence-electron chi connectivity index (χ2n) is 8.04. The average molecular weight is 378 g/mol. The fourth-order valence-corrected chi connectivity index (χ4v) is 4.33. The summed E-state index contributed by atoms with van der Waals surface area (Å²) in [6.45, 7) is 8.73. The number of carbonyl (C=O) groups excluding carboxylic acids is 3.